The fraction of sp³-hybridized carbons (Fsp3) is 0.385. The van der Waals surface area contributed by atoms with Gasteiger partial charge in [0.2, 0.25) is 0 Å². The number of nitrogens with zero attached hydrogens (tertiary/aromatic N) is 2. The van der Waals surface area contributed by atoms with Gasteiger partial charge < -0.3 is 19.1 Å². The van der Waals surface area contributed by atoms with Crippen LogP contribution in [0.2, 0.25) is 0 Å². The van der Waals surface area contributed by atoms with Crippen molar-refractivity contribution in [2.75, 3.05) is 26.7 Å². The Morgan fingerprint density at radius 1 is 1.27 bits per heavy atom. The minimum Gasteiger partial charge on any atom is -0.494 e. The van der Waals surface area contributed by atoms with Crippen LogP contribution in [-0.2, 0) is 9.47 Å². The Bertz CT molecular complexity index is 1150. The highest BCUT2D eigenvalue weighted by atomic mass is 32.1. The molecule has 1 aromatic heterocycles. The van der Waals surface area contributed by atoms with Crippen LogP contribution >= 0.6 is 11.3 Å². The van der Waals surface area contributed by atoms with Gasteiger partial charge in [0, 0.05) is 18.9 Å². The number of thiazole rings is 1. The molecule has 0 N–H and O–H groups in total. The lowest BCUT2D eigenvalue weighted by molar-refractivity contribution is 0.0836. The summed E-state index contributed by atoms with van der Waals surface area (Å²) >= 11 is 1.46. The number of methoxy groups -OCH3 is 1. The summed E-state index contributed by atoms with van der Waals surface area (Å²) in [5.41, 5.74) is 1.96. The maximum atomic E-state index is 13.1. The summed E-state index contributed by atoms with van der Waals surface area (Å²) < 4.78 is 18.0. The third-order valence-electron chi connectivity index (χ3n) is 6.39. The molecule has 3 heterocycles. The summed E-state index contributed by atoms with van der Waals surface area (Å²) in [7, 11) is 1.63. The Morgan fingerprint density at radius 2 is 2.15 bits per heavy atom. The summed E-state index contributed by atoms with van der Waals surface area (Å²) in [5, 5.41) is 0.594. The van der Waals surface area contributed by atoms with E-state index in [1.807, 2.05) is 18.2 Å². The summed E-state index contributed by atoms with van der Waals surface area (Å²) in [6.45, 7) is 2.69. The van der Waals surface area contributed by atoms with Crippen molar-refractivity contribution < 1.29 is 19.0 Å². The normalized spacial score (nSPS) is 19.4. The number of para-hydroxylation sites is 1. The zero-order chi connectivity index (χ0) is 22.6. The van der Waals surface area contributed by atoms with Crippen LogP contribution in [0, 0.1) is 5.92 Å². The van der Waals surface area contributed by atoms with Crippen molar-refractivity contribution in [1.29, 1.82) is 0 Å². The highest BCUT2D eigenvalue weighted by molar-refractivity contribution is 7.20. The molecule has 0 atom stereocenters. The van der Waals surface area contributed by atoms with Gasteiger partial charge in [-0.1, -0.05) is 24.3 Å². The Labute approximate surface area is 197 Å². The zero-order valence-electron chi connectivity index (χ0n) is 18.8. The lowest BCUT2D eigenvalue weighted by Crippen LogP contribution is -2.37. The van der Waals surface area contributed by atoms with Crippen LogP contribution in [0.25, 0.3) is 10.2 Å². The van der Waals surface area contributed by atoms with Crippen LogP contribution in [0.4, 0.5) is 0 Å². The first-order chi connectivity index (χ1) is 16.2. The second-order valence-corrected chi connectivity index (χ2v) is 9.55. The third kappa shape index (κ3) is 4.89. The maximum Gasteiger partial charge on any atom is 0.194 e. The average Bonchev–Trinajstić information content (AvgIpc) is 3.33. The van der Waals surface area contributed by atoms with E-state index in [9.17, 15) is 4.79 Å². The van der Waals surface area contributed by atoms with E-state index < -0.39 is 0 Å². The molecule has 1 aliphatic carbocycles. The molecule has 1 aromatic carbocycles. The molecule has 33 heavy (non-hydrogen) atoms. The number of Topliss-reactive ketones (excluding diaryl/α,β-unsaturated/α-hetero) is 1. The van der Waals surface area contributed by atoms with Gasteiger partial charge in [-0.05, 0) is 56.5 Å². The van der Waals surface area contributed by atoms with Gasteiger partial charge in [0.05, 0.1) is 11.8 Å². The molecule has 3 aliphatic rings. The molecule has 0 spiro atoms. The first kappa shape index (κ1) is 21.9. The molecule has 1 fully saturated rings. The summed E-state index contributed by atoms with van der Waals surface area (Å²) in [6, 6.07) is 5.81. The monoisotopic (exact) mass is 464 g/mol. The van der Waals surface area contributed by atoms with Gasteiger partial charge in [0.1, 0.15) is 29.5 Å². The fourth-order valence-corrected chi connectivity index (χ4v) is 5.48. The molecule has 0 saturated carbocycles. The quantitative estimate of drug-likeness (QED) is 0.498. The molecule has 2 aromatic rings. The predicted molar refractivity (Wildman–Crippen MR) is 129 cm³/mol. The number of ether oxygens (including phenoxy) is 3. The molecule has 172 valence electrons. The number of fused-ring (bicyclic) bond motifs is 1. The third-order valence-corrected chi connectivity index (χ3v) is 7.43. The minimum atomic E-state index is 0.0297. The first-order valence-electron chi connectivity index (χ1n) is 11.5. The summed E-state index contributed by atoms with van der Waals surface area (Å²) in [4.78, 5) is 20.1. The molecule has 7 heteroatoms. The Morgan fingerprint density at radius 3 is 2.94 bits per heavy atom. The van der Waals surface area contributed by atoms with E-state index in [1.165, 1.54) is 16.9 Å². The van der Waals surface area contributed by atoms with Gasteiger partial charge in [0.25, 0.3) is 0 Å². The lowest BCUT2D eigenvalue weighted by atomic mass is 9.92. The second-order valence-electron chi connectivity index (χ2n) is 8.52. The Hall–Kier alpha value is -2.90. The molecule has 1 saturated heterocycles. The molecule has 6 nitrogen and oxygen atoms in total. The number of hydrogen-bond acceptors (Lipinski definition) is 7. The SMILES string of the molecule is COc1cccc2sc(C(=O)C3CCN(CCC4=COC=C(C5=CC=CCC5)O4)CC3)nc12. The van der Waals surface area contributed by atoms with Gasteiger partial charge >= 0.3 is 0 Å². The van der Waals surface area contributed by atoms with Gasteiger partial charge in [0.15, 0.2) is 16.6 Å². The summed E-state index contributed by atoms with van der Waals surface area (Å²) in [6.07, 6.45) is 14.2. The number of benzene rings is 1. The van der Waals surface area contributed by atoms with Crippen LogP contribution in [0.5, 0.6) is 5.75 Å². The van der Waals surface area contributed by atoms with Gasteiger partial charge in [-0.15, -0.1) is 11.3 Å². The highest BCUT2D eigenvalue weighted by Gasteiger charge is 2.28. The van der Waals surface area contributed by atoms with Crippen LogP contribution in [0.1, 0.15) is 41.9 Å². The highest BCUT2D eigenvalue weighted by Crippen LogP contribution is 2.32. The molecule has 5 rings (SSSR count). The summed E-state index contributed by atoms with van der Waals surface area (Å²) in [5.74, 6) is 2.57. The van der Waals surface area contributed by atoms with E-state index in [0.29, 0.717) is 5.01 Å². The van der Waals surface area contributed by atoms with Crippen molar-refractivity contribution >= 4 is 27.3 Å². The second kappa shape index (κ2) is 9.93. The van der Waals surface area contributed by atoms with Crippen molar-refractivity contribution in [3.63, 3.8) is 0 Å². The topological polar surface area (TPSA) is 60.9 Å². The lowest BCUT2D eigenvalue weighted by Gasteiger charge is -2.31. The number of carbonyl (C=O) groups excluding carboxylic acids is 1. The van der Waals surface area contributed by atoms with Crippen molar-refractivity contribution in [1.82, 2.24) is 9.88 Å². The van der Waals surface area contributed by atoms with Crippen molar-refractivity contribution in [2.45, 2.75) is 32.1 Å². The number of rotatable bonds is 7. The Kier molecular flexibility index (Phi) is 6.60. The molecule has 0 unspecified atom stereocenters. The van der Waals surface area contributed by atoms with Crippen LogP contribution in [0.3, 0.4) is 0 Å². The van der Waals surface area contributed by atoms with Crippen molar-refractivity contribution in [3.8, 4) is 5.75 Å². The average molecular weight is 465 g/mol. The van der Waals surface area contributed by atoms with Crippen LogP contribution < -0.4 is 4.74 Å². The molecular formula is C26H28N2O4S. The van der Waals surface area contributed by atoms with Crippen LogP contribution in [0.15, 0.2) is 66.0 Å². The zero-order valence-corrected chi connectivity index (χ0v) is 19.6. The van der Waals surface area contributed by atoms with E-state index in [2.05, 4.69) is 28.1 Å². The predicted octanol–water partition coefficient (Wildman–Crippen LogP) is 5.60. The number of aromatic nitrogens is 1. The van der Waals surface area contributed by atoms with E-state index in [4.69, 9.17) is 14.2 Å². The number of hydrogen-bond donors (Lipinski definition) is 0. The smallest absolute Gasteiger partial charge is 0.194 e. The number of allylic oxidation sites excluding steroid dienone is 4. The fourth-order valence-electron chi connectivity index (χ4n) is 4.48. The van der Waals surface area contributed by atoms with Crippen molar-refractivity contribution in [2.24, 2.45) is 5.92 Å². The molecule has 0 bridgehead atoms. The van der Waals surface area contributed by atoms with E-state index in [0.717, 1.165) is 79.2 Å². The maximum absolute atomic E-state index is 13.1. The standard InChI is InChI=1S/C26H28N2O4S/c1-30-21-8-5-9-23-24(21)27-26(33-23)25(29)19-10-13-28(14-11-19)15-12-20-16-31-17-22(32-20)18-6-3-2-4-7-18/h2-3,5-6,8-9,16-17,19H,4,7,10-15H2,1H3. The largest absolute Gasteiger partial charge is 0.494 e. The van der Waals surface area contributed by atoms with Gasteiger partial charge in [-0.25, -0.2) is 4.98 Å². The minimum absolute atomic E-state index is 0.0297. The number of ketones is 1. The molecular weight excluding hydrogens is 436 g/mol. The van der Waals surface area contributed by atoms with E-state index in [1.54, 1.807) is 19.6 Å². The molecule has 0 radical (unpaired) electrons. The number of carbonyl (C=O) groups is 1. The first-order valence-corrected chi connectivity index (χ1v) is 12.3. The van der Waals surface area contributed by atoms with Gasteiger partial charge in [-0.3, -0.25) is 4.79 Å². The molecule has 2 aliphatic heterocycles. The number of likely N-dealkylation sites (tertiary alicyclic amines) is 1. The number of piperidine rings is 1. The molecule has 0 amide bonds. The Balaban J connectivity index is 1.12. The van der Waals surface area contributed by atoms with Crippen LogP contribution in [-0.4, -0.2) is 42.4 Å². The van der Waals surface area contributed by atoms with Crippen molar-refractivity contribution in [3.05, 3.63) is 71.1 Å². The van der Waals surface area contributed by atoms with E-state index in [-0.39, 0.29) is 11.7 Å². The van der Waals surface area contributed by atoms with E-state index >= 15 is 0 Å². The van der Waals surface area contributed by atoms with Gasteiger partial charge in [-0.2, -0.15) is 0 Å².